The highest BCUT2D eigenvalue weighted by atomic mass is 32.2. The molecule has 0 bridgehead atoms. The zero-order chi connectivity index (χ0) is 23.5. The van der Waals surface area contributed by atoms with E-state index in [0.29, 0.717) is 35.9 Å². The van der Waals surface area contributed by atoms with Crippen LogP contribution in [0.2, 0.25) is 0 Å². The predicted molar refractivity (Wildman–Crippen MR) is 128 cm³/mol. The van der Waals surface area contributed by atoms with Gasteiger partial charge in [0.1, 0.15) is 18.2 Å². The summed E-state index contributed by atoms with van der Waals surface area (Å²) in [6.07, 6.45) is 1.11. The van der Waals surface area contributed by atoms with Gasteiger partial charge >= 0.3 is 0 Å². The van der Waals surface area contributed by atoms with Crippen LogP contribution in [0, 0.1) is 11.6 Å². The van der Waals surface area contributed by atoms with Crippen molar-refractivity contribution in [3.05, 3.63) is 60.2 Å². The molecule has 0 spiro atoms. The van der Waals surface area contributed by atoms with Crippen molar-refractivity contribution in [2.24, 2.45) is 4.99 Å². The second kappa shape index (κ2) is 9.92. The molecule has 0 N–H and O–H groups in total. The molecule has 0 unspecified atom stereocenters. The molecule has 0 aliphatic carbocycles. The number of amidine groups is 1. The van der Waals surface area contributed by atoms with E-state index in [1.54, 1.807) is 40.7 Å². The van der Waals surface area contributed by atoms with Crippen LogP contribution in [0.5, 0.6) is 0 Å². The summed E-state index contributed by atoms with van der Waals surface area (Å²) < 4.78 is 28.4. The van der Waals surface area contributed by atoms with Crippen LogP contribution < -0.4 is 0 Å². The summed E-state index contributed by atoms with van der Waals surface area (Å²) in [6, 6.07) is 11.8. The third-order valence-corrected chi connectivity index (χ3v) is 6.98. The number of hydrogen-bond acceptors (Lipinski definition) is 6. The molecule has 2 aromatic carbocycles. The number of aliphatic imine (C=N–C) groups is 1. The summed E-state index contributed by atoms with van der Waals surface area (Å²) in [5.74, 6) is 1.16. The Hall–Kier alpha value is -3.27. The number of nitrogens with zero attached hydrogens (tertiary/aromatic N) is 6. The van der Waals surface area contributed by atoms with Gasteiger partial charge in [-0.2, -0.15) is 0 Å². The van der Waals surface area contributed by atoms with E-state index in [2.05, 4.69) is 20.0 Å². The maximum Gasteiger partial charge on any atom is 0.244 e. The highest BCUT2D eigenvalue weighted by molar-refractivity contribution is 8.13. The monoisotopic (exact) mass is 482 g/mol. The lowest BCUT2D eigenvalue weighted by Crippen LogP contribution is -2.51. The molecule has 1 amide bonds. The number of thioether (sulfide) groups is 1. The van der Waals surface area contributed by atoms with Gasteiger partial charge in [0, 0.05) is 49.6 Å². The summed E-state index contributed by atoms with van der Waals surface area (Å²) in [6.45, 7) is 3.61. The standard InChI is InChI=1S/C24H24F2N6OS/c25-19-6-2-17(3-7-19)22-28-23(18-4-8-20(26)9-5-18)32(29-22)16-21(33)30-11-13-31(14-12-30)24-27-10-1-15-34-24/h2-9H,1,10-16H2. The normalized spacial score (nSPS) is 16.5. The molecule has 0 atom stereocenters. The zero-order valence-corrected chi connectivity index (χ0v) is 19.3. The SMILES string of the molecule is O=C(Cn1nc(-c2ccc(F)cc2)nc1-c1ccc(F)cc1)N1CCN(C2=NCCCS2)CC1. The van der Waals surface area contributed by atoms with E-state index in [9.17, 15) is 13.6 Å². The van der Waals surface area contributed by atoms with Crippen LogP contribution >= 0.6 is 11.8 Å². The van der Waals surface area contributed by atoms with E-state index in [4.69, 9.17) is 0 Å². The minimum absolute atomic E-state index is 0.0105. The first-order valence-corrected chi connectivity index (χ1v) is 12.2. The number of halogens is 2. The zero-order valence-electron chi connectivity index (χ0n) is 18.5. The van der Waals surface area contributed by atoms with Gasteiger partial charge in [0.2, 0.25) is 5.91 Å². The molecule has 0 radical (unpaired) electrons. The number of benzene rings is 2. The molecule has 1 saturated heterocycles. The van der Waals surface area contributed by atoms with Crippen LogP contribution in [0.4, 0.5) is 8.78 Å². The van der Waals surface area contributed by atoms with E-state index < -0.39 is 0 Å². The lowest BCUT2D eigenvalue weighted by Gasteiger charge is -2.36. The number of hydrogen-bond donors (Lipinski definition) is 0. The van der Waals surface area contributed by atoms with Gasteiger partial charge in [0.25, 0.3) is 0 Å². The van der Waals surface area contributed by atoms with Gasteiger partial charge in [-0.05, 0) is 55.0 Å². The van der Waals surface area contributed by atoms with Gasteiger partial charge in [0.15, 0.2) is 16.8 Å². The Morgan fingerprint density at radius 2 is 1.56 bits per heavy atom. The average molecular weight is 483 g/mol. The minimum atomic E-state index is -0.358. The molecule has 5 rings (SSSR count). The smallest absolute Gasteiger partial charge is 0.244 e. The molecule has 2 aliphatic rings. The second-order valence-corrected chi connectivity index (χ2v) is 9.23. The van der Waals surface area contributed by atoms with E-state index >= 15 is 0 Å². The molecular weight excluding hydrogens is 458 g/mol. The van der Waals surface area contributed by atoms with Gasteiger partial charge in [-0.15, -0.1) is 5.10 Å². The first kappa shape index (κ1) is 22.5. The highest BCUT2D eigenvalue weighted by Crippen LogP contribution is 2.24. The van der Waals surface area contributed by atoms with Gasteiger partial charge in [-0.3, -0.25) is 9.79 Å². The van der Waals surface area contributed by atoms with Crippen molar-refractivity contribution in [2.45, 2.75) is 13.0 Å². The van der Waals surface area contributed by atoms with Gasteiger partial charge in [-0.25, -0.2) is 18.4 Å². The molecule has 1 aromatic heterocycles. The Balaban J connectivity index is 1.34. The third-order valence-electron chi connectivity index (χ3n) is 5.85. The fourth-order valence-corrected chi connectivity index (χ4v) is 5.00. The van der Waals surface area contributed by atoms with Crippen LogP contribution in [-0.4, -0.2) is 74.1 Å². The molecular formula is C24H24F2N6OS. The topological polar surface area (TPSA) is 66.6 Å². The number of aromatic nitrogens is 3. The van der Waals surface area contributed by atoms with Gasteiger partial charge < -0.3 is 9.80 Å². The molecule has 176 valence electrons. The summed E-state index contributed by atoms with van der Waals surface area (Å²) in [5.41, 5.74) is 1.28. The highest BCUT2D eigenvalue weighted by Gasteiger charge is 2.25. The lowest BCUT2D eigenvalue weighted by atomic mass is 10.2. The Labute approximate surface area is 200 Å². The third kappa shape index (κ3) is 4.96. The molecule has 10 heteroatoms. The van der Waals surface area contributed by atoms with Crippen LogP contribution in [-0.2, 0) is 11.3 Å². The summed E-state index contributed by atoms with van der Waals surface area (Å²) in [4.78, 5) is 26.4. The summed E-state index contributed by atoms with van der Waals surface area (Å²) >= 11 is 1.78. The molecule has 1 fully saturated rings. The second-order valence-electron chi connectivity index (χ2n) is 8.16. The van der Waals surface area contributed by atoms with E-state index in [0.717, 1.165) is 37.0 Å². The number of piperazine rings is 1. The van der Waals surface area contributed by atoms with Crippen molar-refractivity contribution in [1.82, 2.24) is 24.6 Å². The maximum absolute atomic E-state index is 13.5. The van der Waals surface area contributed by atoms with Crippen LogP contribution in [0.1, 0.15) is 6.42 Å². The minimum Gasteiger partial charge on any atom is -0.348 e. The Bertz CT molecular complexity index is 1190. The number of carbonyl (C=O) groups is 1. The first-order chi connectivity index (χ1) is 16.6. The van der Waals surface area contributed by atoms with Crippen molar-refractivity contribution in [1.29, 1.82) is 0 Å². The number of amides is 1. The van der Waals surface area contributed by atoms with Crippen LogP contribution in [0.15, 0.2) is 53.5 Å². The Morgan fingerprint density at radius 3 is 2.18 bits per heavy atom. The number of rotatable bonds is 4. The predicted octanol–water partition coefficient (Wildman–Crippen LogP) is 3.53. The first-order valence-electron chi connectivity index (χ1n) is 11.2. The maximum atomic E-state index is 13.5. The average Bonchev–Trinajstić information content (AvgIpc) is 3.29. The molecule has 3 heterocycles. The molecule has 7 nitrogen and oxygen atoms in total. The van der Waals surface area contributed by atoms with Gasteiger partial charge in [0.05, 0.1) is 0 Å². The van der Waals surface area contributed by atoms with Crippen molar-refractivity contribution in [2.75, 3.05) is 38.5 Å². The summed E-state index contributed by atoms with van der Waals surface area (Å²) in [7, 11) is 0. The van der Waals surface area contributed by atoms with Crippen molar-refractivity contribution in [3.63, 3.8) is 0 Å². The van der Waals surface area contributed by atoms with Crippen LogP contribution in [0.3, 0.4) is 0 Å². The largest absolute Gasteiger partial charge is 0.348 e. The van der Waals surface area contributed by atoms with Crippen molar-refractivity contribution < 1.29 is 13.6 Å². The van der Waals surface area contributed by atoms with Crippen molar-refractivity contribution in [3.8, 4) is 22.8 Å². The molecule has 3 aromatic rings. The van der Waals surface area contributed by atoms with Gasteiger partial charge in [-0.1, -0.05) is 11.8 Å². The summed E-state index contributed by atoms with van der Waals surface area (Å²) in [5, 5.41) is 5.62. The van der Waals surface area contributed by atoms with Crippen LogP contribution in [0.25, 0.3) is 22.8 Å². The molecule has 0 saturated carbocycles. The van der Waals surface area contributed by atoms with E-state index in [1.165, 1.54) is 24.3 Å². The fraction of sp³-hybridized carbons (Fsp3) is 0.333. The van der Waals surface area contributed by atoms with Crippen molar-refractivity contribution >= 4 is 22.8 Å². The van der Waals surface area contributed by atoms with E-state index in [-0.39, 0.29) is 24.1 Å². The fourth-order valence-electron chi connectivity index (χ4n) is 4.00. The Kier molecular flexibility index (Phi) is 6.57. The molecule has 2 aliphatic heterocycles. The van der Waals surface area contributed by atoms with E-state index in [1.807, 2.05) is 4.90 Å². The lowest BCUT2D eigenvalue weighted by molar-refractivity contribution is -0.133. The molecule has 34 heavy (non-hydrogen) atoms. The quantitative estimate of drug-likeness (QED) is 0.569. The Morgan fingerprint density at radius 1 is 0.912 bits per heavy atom. The number of carbonyl (C=O) groups excluding carboxylic acids is 1.